The summed E-state index contributed by atoms with van der Waals surface area (Å²) in [6.07, 6.45) is 0. The van der Waals surface area contributed by atoms with E-state index in [-0.39, 0.29) is 16.7 Å². The highest BCUT2D eigenvalue weighted by atomic mass is 16.7. The normalized spacial score (nSPS) is 13.3. The van der Waals surface area contributed by atoms with Crippen LogP contribution in [0.3, 0.4) is 0 Å². The van der Waals surface area contributed by atoms with Gasteiger partial charge in [0.15, 0.2) is 0 Å². The largest absolute Gasteiger partial charge is 0.466 e. The molecule has 0 saturated heterocycles. The molecule has 0 radical (unpaired) electrons. The molecule has 8 heteroatoms. The summed E-state index contributed by atoms with van der Waals surface area (Å²) in [6, 6.07) is 13.7. The number of methoxy groups -OCH3 is 2. The van der Waals surface area contributed by atoms with Crippen molar-refractivity contribution in [1.29, 1.82) is 0 Å². The number of hydroxylamine groups is 2. The Morgan fingerprint density at radius 3 is 1.67 bits per heavy atom. The molecule has 0 bridgehead atoms. The van der Waals surface area contributed by atoms with Crippen molar-refractivity contribution in [2.45, 2.75) is 5.60 Å². The number of carbonyl (C=O) groups excluding carboxylic acids is 4. The van der Waals surface area contributed by atoms with E-state index < -0.39 is 29.4 Å². The third-order valence-electron chi connectivity index (χ3n) is 4.11. The fourth-order valence-corrected chi connectivity index (χ4v) is 2.79. The van der Waals surface area contributed by atoms with E-state index in [1.165, 1.54) is 24.3 Å². The summed E-state index contributed by atoms with van der Waals surface area (Å²) in [6.45, 7) is 0. The average molecular weight is 369 g/mol. The number of rotatable bonds is 5. The molecule has 138 valence electrons. The fraction of sp³-hybridized carbons (Fsp3) is 0.158. The molecule has 2 amide bonds. The molecular weight excluding hydrogens is 354 g/mol. The zero-order valence-corrected chi connectivity index (χ0v) is 14.5. The van der Waals surface area contributed by atoms with Crippen LogP contribution < -0.4 is 0 Å². The van der Waals surface area contributed by atoms with Crippen LogP contribution in [0.4, 0.5) is 0 Å². The Bertz CT molecular complexity index is 872. The fourth-order valence-electron chi connectivity index (χ4n) is 2.79. The van der Waals surface area contributed by atoms with E-state index in [1.54, 1.807) is 30.3 Å². The number of esters is 2. The van der Waals surface area contributed by atoms with Gasteiger partial charge in [-0.2, -0.15) is 0 Å². The van der Waals surface area contributed by atoms with Crippen LogP contribution in [0.15, 0.2) is 54.6 Å². The predicted octanol–water partition coefficient (Wildman–Crippen LogP) is 1.46. The average Bonchev–Trinajstić information content (AvgIpc) is 2.96. The highest BCUT2D eigenvalue weighted by molar-refractivity contribution is 6.20. The number of benzene rings is 2. The molecule has 27 heavy (non-hydrogen) atoms. The zero-order valence-electron chi connectivity index (χ0n) is 14.5. The molecule has 0 aromatic heterocycles. The van der Waals surface area contributed by atoms with Crippen molar-refractivity contribution in [2.24, 2.45) is 0 Å². The smallest absolute Gasteiger partial charge is 0.357 e. The first-order valence-electron chi connectivity index (χ1n) is 7.86. The van der Waals surface area contributed by atoms with Crippen LogP contribution in [0.2, 0.25) is 0 Å². The van der Waals surface area contributed by atoms with Crippen molar-refractivity contribution in [3.63, 3.8) is 0 Å². The predicted molar refractivity (Wildman–Crippen MR) is 90.2 cm³/mol. The Morgan fingerprint density at radius 2 is 1.22 bits per heavy atom. The van der Waals surface area contributed by atoms with Crippen LogP contribution in [0.1, 0.15) is 26.3 Å². The number of ether oxygens (including phenoxy) is 2. The van der Waals surface area contributed by atoms with Gasteiger partial charge >= 0.3 is 17.5 Å². The minimum atomic E-state index is -2.49. The van der Waals surface area contributed by atoms with Crippen molar-refractivity contribution in [3.05, 3.63) is 71.3 Å². The molecule has 0 fully saturated rings. The van der Waals surface area contributed by atoms with Gasteiger partial charge in [-0.1, -0.05) is 42.5 Å². The lowest BCUT2D eigenvalue weighted by Gasteiger charge is -2.30. The van der Waals surface area contributed by atoms with Gasteiger partial charge in [0.2, 0.25) is 0 Å². The summed E-state index contributed by atoms with van der Waals surface area (Å²) in [5, 5.41) is 0.380. The number of hydrogen-bond acceptors (Lipinski definition) is 7. The first kappa shape index (κ1) is 18.3. The molecule has 1 aliphatic rings. The lowest BCUT2D eigenvalue weighted by molar-refractivity contribution is -0.225. The minimum Gasteiger partial charge on any atom is -0.466 e. The van der Waals surface area contributed by atoms with Crippen molar-refractivity contribution in [3.8, 4) is 0 Å². The number of amides is 2. The van der Waals surface area contributed by atoms with Crippen LogP contribution >= 0.6 is 0 Å². The Kier molecular flexibility index (Phi) is 4.74. The molecule has 2 aromatic rings. The second kappa shape index (κ2) is 7.00. The molecule has 3 rings (SSSR count). The lowest BCUT2D eigenvalue weighted by atomic mass is 9.94. The maximum absolute atomic E-state index is 12.6. The van der Waals surface area contributed by atoms with Crippen LogP contribution in [0.5, 0.6) is 0 Å². The van der Waals surface area contributed by atoms with Crippen molar-refractivity contribution < 1.29 is 33.5 Å². The third-order valence-corrected chi connectivity index (χ3v) is 4.11. The Labute approximate surface area is 154 Å². The van der Waals surface area contributed by atoms with Crippen LogP contribution in [0.25, 0.3) is 0 Å². The van der Waals surface area contributed by atoms with Gasteiger partial charge < -0.3 is 9.47 Å². The maximum atomic E-state index is 12.6. The van der Waals surface area contributed by atoms with E-state index >= 15 is 0 Å². The first-order valence-corrected chi connectivity index (χ1v) is 7.86. The van der Waals surface area contributed by atoms with E-state index in [0.29, 0.717) is 5.06 Å². The molecule has 0 unspecified atom stereocenters. The van der Waals surface area contributed by atoms with E-state index in [1.807, 2.05) is 0 Å². The quantitative estimate of drug-likeness (QED) is 0.447. The van der Waals surface area contributed by atoms with E-state index in [2.05, 4.69) is 0 Å². The summed E-state index contributed by atoms with van der Waals surface area (Å²) in [7, 11) is 2.10. The standard InChI is InChI=1S/C19H15NO7/c1-25-17(23)19(18(24)26-2,12-8-4-3-5-9-12)27-20-15(21)13-10-6-7-11-14(13)16(20)22/h3-11H,1-2H3. The lowest BCUT2D eigenvalue weighted by Crippen LogP contribution is -2.52. The molecule has 1 heterocycles. The monoisotopic (exact) mass is 369 g/mol. The maximum Gasteiger partial charge on any atom is 0.357 e. The van der Waals surface area contributed by atoms with Gasteiger partial charge in [0, 0.05) is 5.56 Å². The Hall–Kier alpha value is -3.52. The first-order chi connectivity index (χ1) is 13.0. The van der Waals surface area contributed by atoms with Crippen LogP contribution in [0, 0.1) is 0 Å². The molecule has 0 aliphatic carbocycles. The van der Waals surface area contributed by atoms with Gasteiger partial charge in [-0.3, -0.25) is 9.59 Å². The second-order valence-corrected chi connectivity index (χ2v) is 5.57. The summed E-state index contributed by atoms with van der Waals surface area (Å²) in [4.78, 5) is 55.9. The molecule has 0 N–H and O–H groups in total. The number of imide groups is 1. The summed E-state index contributed by atoms with van der Waals surface area (Å²) in [5.74, 6) is -3.89. The summed E-state index contributed by atoms with van der Waals surface area (Å²) in [5.41, 5.74) is -2.25. The van der Waals surface area contributed by atoms with Gasteiger partial charge in [-0.15, -0.1) is 5.06 Å². The van der Waals surface area contributed by atoms with E-state index in [9.17, 15) is 19.2 Å². The SMILES string of the molecule is COC(=O)C(ON1C(=O)c2ccccc2C1=O)(C(=O)OC)c1ccccc1. The Balaban J connectivity index is 2.13. The highest BCUT2D eigenvalue weighted by Gasteiger charge is 2.56. The van der Waals surface area contributed by atoms with Gasteiger partial charge in [-0.25, -0.2) is 14.4 Å². The summed E-state index contributed by atoms with van der Waals surface area (Å²) < 4.78 is 9.47. The van der Waals surface area contributed by atoms with Crippen molar-refractivity contribution in [2.75, 3.05) is 14.2 Å². The number of fused-ring (bicyclic) bond motifs is 1. The molecule has 1 aliphatic heterocycles. The van der Waals surface area contributed by atoms with Crippen molar-refractivity contribution >= 4 is 23.8 Å². The number of hydrogen-bond donors (Lipinski definition) is 0. The molecular formula is C19H15NO7. The molecule has 2 aromatic carbocycles. The summed E-state index contributed by atoms with van der Waals surface area (Å²) >= 11 is 0. The van der Waals surface area contributed by atoms with Gasteiger partial charge in [0.25, 0.3) is 11.8 Å². The molecule has 0 spiro atoms. The van der Waals surface area contributed by atoms with E-state index in [4.69, 9.17) is 14.3 Å². The number of carbonyl (C=O) groups is 4. The second-order valence-electron chi connectivity index (χ2n) is 5.57. The third kappa shape index (κ3) is 2.76. The highest BCUT2D eigenvalue weighted by Crippen LogP contribution is 2.34. The molecule has 0 saturated carbocycles. The van der Waals surface area contributed by atoms with Crippen LogP contribution in [-0.4, -0.2) is 43.0 Å². The van der Waals surface area contributed by atoms with Crippen molar-refractivity contribution in [1.82, 2.24) is 5.06 Å². The molecule has 0 atom stereocenters. The minimum absolute atomic E-state index is 0.0419. The van der Waals surface area contributed by atoms with Gasteiger partial charge in [-0.05, 0) is 12.1 Å². The Morgan fingerprint density at radius 1 is 0.778 bits per heavy atom. The van der Waals surface area contributed by atoms with Gasteiger partial charge in [0.1, 0.15) is 0 Å². The van der Waals surface area contributed by atoms with Gasteiger partial charge in [0.05, 0.1) is 25.3 Å². The van der Waals surface area contributed by atoms with Crippen LogP contribution in [-0.2, 0) is 29.5 Å². The zero-order chi connectivity index (χ0) is 19.6. The molecule has 8 nitrogen and oxygen atoms in total. The number of nitrogens with zero attached hydrogens (tertiary/aromatic N) is 1. The topological polar surface area (TPSA) is 99.2 Å². The van der Waals surface area contributed by atoms with E-state index in [0.717, 1.165) is 14.2 Å².